The highest BCUT2D eigenvalue weighted by Crippen LogP contribution is 2.57. The number of aromatic nitrogens is 1. The molecule has 1 aliphatic heterocycles. The lowest BCUT2D eigenvalue weighted by Crippen LogP contribution is -2.36. The van der Waals surface area contributed by atoms with Crippen molar-refractivity contribution in [2.45, 2.75) is 31.8 Å². The van der Waals surface area contributed by atoms with E-state index in [0.717, 1.165) is 47.6 Å². The van der Waals surface area contributed by atoms with Crippen LogP contribution < -0.4 is 9.64 Å². The Balaban J connectivity index is 1.66. The first kappa shape index (κ1) is 19.3. The quantitative estimate of drug-likeness (QED) is 0.708. The summed E-state index contributed by atoms with van der Waals surface area (Å²) in [6.07, 6.45) is 5.18. The van der Waals surface area contributed by atoms with Gasteiger partial charge in [0.15, 0.2) is 0 Å². The van der Waals surface area contributed by atoms with E-state index < -0.39 is 0 Å². The zero-order valence-electron chi connectivity index (χ0n) is 17.4. The Kier molecular flexibility index (Phi) is 4.87. The van der Waals surface area contributed by atoms with Crippen LogP contribution in [0.4, 0.5) is 5.69 Å². The molecule has 0 saturated carbocycles. The van der Waals surface area contributed by atoms with Crippen LogP contribution in [0.3, 0.4) is 0 Å². The van der Waals surface area contributed by atoms with Gasteiger partial charge in [-0.1, -0.05) is 12.2 Å². The van der Waals surface area contributed by atoms with E-state index in [1.807, 2.05) is 19.1 Å². The number of allylic oxidation sites excluding steroid dienone is 2. The number of ether oxygens (including phenoxy) is 3. The Morgan fingerprint density at radius 1 is 1.03 bits per heavy atom. The summed E-state index contributed by atoms with van der Waals surface area (Å²) in [6.45, 7) is 5.75. The predicted octanol–water partition coefficient (Wildman–Crippen LogP) is 3.41. The van der Waals surface area contributed by atoms with Crippen molar-refractivity contribution < 1.29 is 24.4 Å². The van der Waals surface area contributed by atoms with Crippen molar-refractivity contribution in [2.24, 2.45) is 0 Å². The molecule has 0 radical (unpaired) electrons. The summed E-state index contributed by atoms with van der Waals surface area (Å²) >= 11 is 0. The third-order valence-electron chi connectivity index (χ3n) is 6.37. The zero-order valence-corrected chi connectivity index (χ0v) is 17.4. The average Bonchev–Trinajstić information content (AvgIpc) is 3.44. The smallest absolute Gasteiger partial charge is 0.202 e. The maximum absolute atomic E-state index is 11.1. The van der Waals surface area contributed by atoms with Gasteiger partial charge in [0.25, 0.3) is 0 Å². The fraction of sp³-hybridized carbons (Fsp3) is 0.478. The number of methoxy groups -OCH3 is 1. The van der Waals surface area contributed by atoms with Gasteiger partial charge in [-0.15, -0.1) is 0 Å². The minimum Gasteiger partial charge on any atom is -0.494 e. The second-order valence-corrected chi connectivity index (χ2v) is 8.06. The molecule has 2 N–H and O–H groups in total. The molecule has 0 unspecified atom stereocenters. The maximum Gasteiger partial charge on any atom is 0.202 e. The SMILES string of the molecule is CCOc1cc(-n2c(O)c3c(c2O)[C@H]2C=C[C@@H]3C2)c(COC)cc1N1CCOCC1. The van der Waals surface area contributed by atoms with Gasteiger partial charge in [-0.05, 0) is 19.4 Å². The lowest BCUT2D eigenvalue weighted by molar-refractivity contribution is 0.122. The minimum absolute atomic E-state index is 0.110. The molecule has 7 heteroatoms. The summed E-state index contributed by atoms with van der Waals surface area (Å²) in [7, 11) is 1.65. The Morgan fingerprint density at radius 2 is 1.70 bits per heavy atom. The summed E-state index contributed by atoms with van der Waals surface area (Å²) in [4.78, 5) is 2.25. The number of benzene rings is 1. The van der Waals surface area contributed by atoms with Crippen molar-refractivity contribution >= 4 is 5.69 Å². The van der Waals surface area contributed by atoms with Crippen LogP contribution in [0.15, 0.2) is 24.3 Å². The van der Waals surface area contributed by atoms with Gasteiger partial charge in [-0.25, -0.2) is 0 Å². The highest BCUT2D eigenvalue weighted by Gasteiger charge is 2.41. The van der Waals surface area contributed by atoms with Crippen LogP contribution in [-0.4, -0.2) is 54.8 Å². The molecular weight excluding hydrogens is 384 g/mol. The van der Waals surface area contributed by atoms with Gasteiger partial charge in [-0.2, -0.15) is 0 Å². The third kappa shape index (κ3) is 2.87. The standard InChI is InChI=1S/C23H28N2O5/c1-3-30-19-12-17(16(13-28-2)11-18(19)24-6-8-29-9-7-24)25-22(26)20-14-4-5-15(10-14)21(20)23(25)27/h4-5,11-12,14-15,26-27H,3,6-10,13H2,1-2H3/t14-,15+. The first-order valence-corrected chi connectivity index (χ1v) is 10.6. The van der Waals surface area contributed by atoms with Crippen molar-refractivity contribution in [3.05, 3.63) is 41.0 Å². The van der Waals surface area contributed by atoms with Gasteiger partial charge in [0, 0.05) is 54.8 Å². The molecule has 2 bridgehead atoms. The highest BCUT2D eigenvalue weighted by molar-refractivity contribution is 5.69. The molecule has 5 rings (SSSR count). The van der Waals surface area contributed by atoms with Gasteiger partial charge in [0.05, 0.1) is 37.8 Å². The van der Waals surface area contributed by atoms with Crippen LogP contribution in [-0.2, 0) is 16.1 Å². The van der Waals surface area contributed by atoms with Crippen molar-refractivity contribution in [2.75, 3.05) is 44.9 Å². The van der Waals surface area contributed by atoms with Crippen molar-refractivity contribution in [1.29, 1.82) is 0 Å². The fourth-order valence-electron chi connectivity index (χ4n) is 5.07. The van der Waals surface area contributed by atoms with E-state index in [2.05, 4.69) is 17.1 Å². The predicted molar refractivity (Wildman–Crippen MR) is 113 cm³/mol. The molecule has 1 aromatic heterocycles. The number of anilines is 1. The van der Waals surface area contributed by atoms with Gasteiger partial charge >= 0.3 is 0 Å². The molecule has 1 saturated heterocycles. The monoisotopic (exact) mass is 412 g/mol. The lowest BCUT2D eigenvalue weighted by Gasteiger charge is -2.31. The first-order chi connectivity index (χ1) is 14.6. The van der Waals surface area contributed by atoms with E-state index >= 15 is 0 Å². The molecule has 0 amide bonds. The van der Waals surface area contributed by atoms with Gasteiger partial charge in [0.2, 0.25) is 11.8 Å². The molecular formula is C23H28N2O5. The summed E-state index contributed by atoms with van der Waals surface area (Å²) < 4.78 is 18.5. The molecule has 30 heavy (non-hydrogen) atoms. The fourth-order valence-corrected chi connectivity index (χ4v) is 5.07. The van der Waals surface area contributed by atoms with E-state index in [0.29, 0.717) is 32.1 Å². The Morgan fingerprint density at radius 3 is 2.30 bits per heavy atom. The first-order valence-electron chi connectivity index (χ1n) is 10.6. The normalized spacial score (nSPS) is 22.0. The molecule has 0 spiro atoms. The Hall–Kier alpha value is -2.64. The van der Waals surface area contributed by atoms with Gasteiger partial charge in [-0.3, -0.25) is 4.57 Å². The molecule has 2 aromatic rings. The zero-order chi connectivity index (χ0) is 20.8. The van der Waals surface area contributed by atoms with Crippen LogP contribution in [0.2, 0.25) is 0 Å². The van der Waals surface area contributed by atoms with Crippen molar-refractivity contribution in [3.8, 4) is 23.2 Å². The molecule has 1 fully saturated rings. The third-order valence-corrected chi connectivity index (χ3v) is 6.37. The number of fused-ring (bicyclic) bond motifs is 5. The average molecular weight is 412 g/mol. The number of nitrogens with zero attached hydrogens (tertiary/aromatic N) is 2. The number of rotatable bonds is 6. The van der Waals surface area contributed by atoms with Crippen LogP contribution in [0.25, 0.3) is 5.69 Å². The second-order valence-electron chi connectivity index (χ2n) is 8.06. The van der Waals surface area contributed by atoms with Crippen molar-refractivity contribution in [3.63, 3.8) is 0 Å². The lowest BCUT2D eigenvalue weighted by atomic mass is 10.0. The number of aromatic hydroxyl groups is 2. The largest absolute Gasteiger partial charge is 0.494 e. The molecule has 2 heterocycles. The van der Waals surface area contributed by atoms with E-state index in [-0.39, 0.29) is 23.6 Å². The highest BCUT2D eigenvalue weighted by atomic mass is 16.5. The minimum atomic E-state index is 0.110. The number of hydrogen-bond acceptors (Lipinski definition) is 6. The number of morpholine rings is 1. The summed E-state index contributed by atoms with van der Waals surface area (Å²) in [5.74, 6) is 1.28. The van der Waals surface area contributed by atoms with E-state index in [1.165, 1.54) is 0 Å². The van der Waals surface area contributed by atoms with Crippen LogP contribution in [0.1, 0.15) is 41.9 Å². The summed E-state index contributed by atoms with van der Waals surface area (Å²) in [6, 6.07) is 3.96. The molecule has 7 nitrogen and oxygen atoms in total. The summed E-state index contributed by atoms with van der Waals surface area (Å²) in [5, 5.41) is 22.2. The van der Waals surface area contributed by atoms with Crippen LogP contribution in [0.5, 0.6) is 17.5 Å². The Bertz CT molecular complexity index is 955. The number of hydrogen-bond donors (Lipinski definition) is 2. The second kappa shape index (κ2) is 7.56. The van der Waals surface area contributed by atoms with Crippen molar-refractivity contribution in [1.82, 2.24) is 4.57 Å². The van der Waals surface area contributed by atoms with E-state index in [4.69, 9.17) is 14.2 Å². The van der Waals surface area contributed by atoms with E-state index in [1.54, 1.807) is 11.7 Å². The molecule has 2 aliphatic carbocycles. The van der Waals surface area contributed by atoms with Crippen LogP contribution >= 0.6 is 0 Å². The van der Waals surface area contributed by atoms with Crippen LogP contribution in [0, 0.1) is 0 Å². The maximum atomic E-state index is 11.1. The molecule has 1 aromatic carbocycles. The van der Waals surface area contributed by atoms with Gasteiger partial charge < -0.3 is 29.3 Å². The Labute approximate surface area is 176 Å². The molecule has 2 atom stereocenters. The molecule has 160 valence electrons. The van der Waals surface area contributed by atoms with Gasteiger partial charge in [0.1, 0.15) is 5.75 Å². The molecule has 3 aliphatic rings. The topological polar surface area (TPSA) is 76.3 Å². The summed E-state index contributed by atoms with van der Waals surface area (Å²) in [5.41, 5.74) is 4.23. The van der Waals surface area contributed by atoms with E-state index in [9.17, 15) is 10.2 Å².